The van der Waals surface area contributed by atoms with Crippen molar-refractivity contribution in [3.05, 3.63) is 119 Å². The first-order chi connectivity index (χ1) is 14.7. The zero-order valence-electron chi connectivity index (χ0n) is 16.7. The molecule has 0 unspecified atom stereocenters. The van der Waals surface area contributed by atoms with E-state index in [-0.39, 0.29) is 0 Å². The molecule has 30 heavy (non-hydrogen) atoms. The quantitative estimate of drug-likeness (QED) is 0.262. The van der Waals surface area contributed by atoms with Crippen LogP contribution < -0.4 is 10.3 Å². The lowest BCUT2D eigenvalue weighted by Crippen LogP contribution is -2.09. The molecule has 0 saturated heterocycles. The Hall–Kier alpha value is -3.56. The normalized spacial score (nSPS) is 10.9. The van der Waals surface area contributed by atoms with Crippen LogP contribution >= 0.6 is 11.6 Å². The smallest absolute Gasteiger partial charge is 0.0576 e. The highest BCUT2D eigenvalue weighted by Crippen LogP contribution is 2.33. The molecule has 0 aromatic heterocycles. The standard InChI is InChI=1S/C26H22ClN3/c1-20-12-15-22(18-26(20)27)29-28-19-21-13-16-25(17-14-21)30(23-8-4-2-5-9-23)24-10-6-3-7-11-24/h2-19,29H,1H3/b28-19+. The Kier molecular flexibility index (Phi) is 6.11. The van der Waals surface area contributed by atoms with Gasteiger partial charge in [0.25, 0.3) is 0 Å². The van der Waals surface area contributed by atoms with Crippen LogP contribution in [0, 0.1) is 6.92 Å². The number of halogens is 1. The van der Waals surface area contributed by atoms with Gasteiger partial charge in [0, 0.05) is 22.1 Å². The minimum atomic E-state index is 0.724. The predicted molar refractivity (Wildman–Crippen MR) is 129 cm³/mol. The van der Waals surface area contributed by atoms with Crippen LogP contribution in [0.15, 0.2) is 108 Å². The van der Waals surface area contributed by atoms with Gasteiger partial charge in [-0.05, 0) is 66.6 Å². The van der Waals surface area contributed by atoms with E-state index in [1.54, 1.807) is 6.21 Å². The number of hydrogen-bond donors (Lipinski definition) is 1. The molecule has 0 aliphatic rings. The van der Waals surface area contributed by atoms with E-state index in [0.717, 1.165) is 38.9 Å². The topological polar surface area (TPSA) is 27.6 Å². The highest BCUT2D eigenvalue weighted by molar-refractivity contribution is 6.31. The number of hydrazone groups is 1. The zero-order chi connectivity index (χ0) is 20.8. The van der Waals surface area contributed by atoms with Crippen molar-refractivity contribution in [2.75, 3.05) is 10.3 Å². The Morgan fingerprint density at radius 3 is 1.87 bits per heavy atom. The lowest BCUT2D eigenvalue weighted by molar-refractivity contribution is 1.28. The molecule has 4 aromatic rings. The minimum Gasteiger partial charge on any atom is -0.311 e. The molecule has 148 valence electrons. The molecule has 0 aliphatic heterocycles. The lowest BCUT2D eigenvalue weighted by Gasteiger charge is -2.25. The molecular weight excluding hydrogens is 390 g/mol. The van der Waals surface area contributed by atoms with Crippen molar-refractivity contribution < 1.29 is 0 Å². The van der Waals surface area contributed by atoms with E-state index >= 15 is 0 Å². The number of aryl methyl sites for hydroxylation is 1. The summed E-state index contributed by atoms with van der Waals surface area (Å²) in [7, 11) is 0. The molecular formula is C26H22ClN3. The summed E-state index contributed by atoms with van der Waals surface area (Å²) in [5, 5.41) is 5.05. The second-order valence-corrected chi connectivity index (χ2v) is 7.34. The summed E-state index contributed by atoms with van der Waals surface area (Å²) in [6.45, 7) is 1.98. The van der Waals surface area contributed by atoms with Gasteiger partial charge in [-0.25, -0.2) is 0 Å². The molecule has 0 heterocycles. The zero-order valence-corrected chi connectivity index (χ0v) is 17.4. The van der Waals surface area contributed by atoms with E-state index < -0.39 is 0 Å². The van der Waals surface area contributed by atoms with Crippen molar-refractivity contribution in [3.63, 3.8) is 0 Å². The first kappa shape index (κ1) is 19.7. The second-order valence-electron chi connectivity index (χ2n) is 6.93. The third kappa shape index (κ3) is 4.70. The van der Waals surface area contributed by atoms with Crippen LogP contribution in [-0.2, 0) is 0 Å². The van der Waals surface area contributed by atoms with Crippen LogP contribution in [0.3, 0.4) is 0 Å². The van der Waals surface area contributed by atoms with Crippen LogP contribution in [0.2, 0.25) is 5.02 Å². The molecule has 0 spiro atoms. The predicted octanol–water partition coefficient (Wildman–Crippen LogP) is 7.56. The second kappa shape index (κ2) is 9.29. The van der Waals surface area contributed by atoms with Gasteiger partial charge < -0.3 is 4.90 Å². The maximum Gasteiger partial charge on any atom is 0.0576 e. The summed E-state index contributed by atoms with van der Waals surface area (Å²) < 4.78 is 0. The van der Waals surface area contributed by atoms with E-state index in [1.807, 2.05) is 37.3 Å². The molecule has 4 aromatic carbocycles. The van der Waals surface area contributed by atoms with Gasteiger partial charge in [0.2, 0.25) is 0 Å². The Balaban J connectivity index is 1.54. The molecule has 4 heteroatoms. The number of benzene rings is 4. The Bertz CT molecular complexity index is 1080. The molecule has 0 bridgehead atoms. The van der Waals surface area contributed by atoms with Gasteiger partial charge in [0.1, 0.15) is 0 Å². The first-order valence-electron chi connectivity index (χ1n) is 9.76. The molecule has 0 aliphatic carbocycles. The van der Waals surface area contributed by atoms with Crippen LogP contribution in [-0.4, -0.2) is 6.21 Å². The molecule has 0 saturated carbocycles. The van der Waals surface area contributed by atoms with Crippen LogP contribution in [0.5, 0.6) is 0 Å². The summed E-state index contributed by atoms with van der Waals surface area (Å²) in [6.07, 6.45) is 1.80. The minimum absolute atomic E-state index is 0.724. The molecule has 0 amide bonds. The van der Waals surface area contributed by atoms with Crippen LogP contribution in [0.25, 0.3) is 0 Å². The fraction of sp³-hybridized carbons (Fsp3) is 0.0385. The van der Waals surface area contributed by atoms with E-state index in [2.05, 4.69) is 88.2 Å². The van der Waals surface area contributed by atoms with Crippen LogP contribution in [0.1, 0.15) is 11.1 Å². The highest BCUT2D eigenvalue weighted by atomic mass is 35.5. The monoisotopic (exact) mass is 411 g/mol. The lowest BCUT2D eigenvalue weighted by atomic mass is 10.1. The summed E-state index contributed by atoms with van der Waals surface area (Å²) in [5.74, 6) is 0. The maximum absolute atomic E-state index is 6.16. The summed E-state index contributed by atoms with van der Waals surface area (Å²) in [6, 6.07) is 34.8. The van der Waals surface area contributed by atoms with Crippen molar-refractivity contribution in [2.24, 2.45) is 5.10 Å². The van der Waals surface area contributed by atoms with Gasteiger partial charge in [0.15, 0.2) is 0 Å². The summed E-state index contributed by atoms with van der Waals surface area (Å²) in [5.41, 5.74) is 9.25. The van der Waals surface area contributed by atoms with E-state index in [0.29, 0.717) is 0 Å². The Morgan fingerprint density at radius 1 is 0.733 bits per heavy atom. The van der Waals surface area contributed by atoms with Gasteiger partial charge in [-0.1, -0.05) is 66.2 Å². The van der Waals surface area contributed by atoms with Crippen molar-refractivity contribution in [1.82, 2.24) is 0 Å². The summed E-state index contributed by atoms with van der Waals surface area (Å²) >= 11 is 6.16. The fourth-order valence-electron chi connectivity index (χ4n) is 3.15. The van der Waals surface area contributed by atoms with E-state index in [9.17, 15) is 0 Å². The van der Waals surface area contributed by atoms with Crippen molar-refractivity contribution >= 4 is 40.6 Å². The van der Waals surface area contributed by atoms with E-state index in [4.69, 9.17) is 11.6 Å². The molecule has 0 atom stereocenters. The third-order valence-corrected chi connectivity index (χ3v) is 5.17. The number of rotatable bonds is 6. The van der Waals surface area contributed by atoms with Crippen molar-refractivity contribution in [2.45, 2.75) is 6.92 Å². The summed E-state index contributed by atoms with van der Waals surface area (Å²) in [4.78, 5) is 2.23. The Labute approximate surface area is 182 Å². The van der Waals surface area contributed by atoms with Gasteiger partial charge in [0.05, 0.1) is 11.9 Å². The van der Waals surface area contributed by atoms with Gasteiger partial charge in [-0.3, -0.25) is 5.43 Å². The number of hydrogen-bond acceptors (Lipinski definition) is 3. The molecule has 0 radical (unpaired) electrons. The average Bonchev–Trinajstić information content (AvgIpc) is 2.79. The molecule has 4 rings (SSSR count). The highest BCUT2D eigenvalue weighted by Gasteiger charge is 2.11. The number of para-hydroxylation sites is 2. The third-order valence-electron chi connectivity index (χ3n) is 4.76. The van der Waals surface area contributed by atoms with Gasteiger partial charge >= 0.3 is 0 Å². The van der Waals surface area contributed by atoms with Crippen LogP contribution in [0.4, 0.5) is 22.7 Å². The van der Waals surface area contributed by atoms with Crippen molar-refractivity contribution in [3.8, 4) is 0 Å². The van der Waals surface area contributed by atoms with Gasteiger partial charge in [-0.2, -0.15) is 5.10 Å². The number of nitrogens with zero attached hydrogens (tertiary/aromatic N) is 2. The first-order valence-corrected chi connectivity index (χ1v) is 10.1. The molecule has 3 nitrogen and oxygen atoms in total. The molecule has 1 N–H and O–H groups in total. The Morgan fingerprint density at radius 2 is 1.30 bits per heavy atom. The van der Waals surface area contributed by atoms with Gasteiger partial charge in [-0.15, -0.1) is 0 Å². The average molecular weight is 412 g/mol. The van der Waals surface area contributed by atoms with Crippen molar-refractivity contribution in [1.29, 1.82) is 0 Å². The SMILES string of the molecule is Cc1ccc(N/N=C/c2ccc(N(c3ccccc3)c3ccccc3)cc2)cc1Cl. The number of anilines is 4. The molecule has 0 fully saturated rings. The largest absolute Gasteiger partial charge is 0.311 e. The van der Waals surface area contributed by atoms with E-state index in [1.165, 1.54) is 0 Å². The maximum atomic E-state index is 6.16. The number of nitrogens with one attached hydrogen (secondary N) is 1. The fourth-order valence-corrected chi connectivity index (χ4v) is 3.34.